The van der Waals surface area contributed by atoms with E-state index in [1.54, 1.807) is 0 Å². The molecule has 3 nitrogen and oxygen atoms in total. The van der Waals surface area contributed by atoms with E-state index in [1.807, 2.05) is 43.5 Å². The van der Waals surface area contributed by atoms with Crippen molar-refractivity contribution in [3.8, 4) is 0 Å². The van der Waals surface area contributed by atoms with Crippen molar-refractivity contribution in [2.45, 2.75) is 13.0 Å². The van der Waals surface area contributed by atoms with Gasteiger partial charge >= 0.3 is 0 Å². The van der Waals surface area contributed by atoms with E-state index >= 15 is 0 Å². The van der Waals surface area contributed by atoms with Gasteiger partial charge in [-0.2, -0.15) is 0 Å². The third-order valence-corrected chi connectivity index (χ3v) is 3.47. The van der Waals surface area contributed by atoms with Crippen molar-refractivity contribution in [3.05, 3.63) is 58.3 Å². The second-order valence-electron chi connectivity index (χ2n) is 4.15. The molecule has 4 heteroatoms. The lowest BCUT2D eigenvalue weighted by Gasteiger charge is -2.19. The van der Waals surface area contributed by atoms with E-state index in [2.05, 4.69) is 32.3 Å². The third-order valence-electron chi connectivity index (χ3n) is 2.78. The van der Waals surface area contributed by atoms with Crippen LogP contribution in [0.5, 0.6) is 0 Å². The summed E-state index contributed by atoms with van der Waals surface area (Å²) < 4.78 is 1.03. The molecule has 0 saturated carbocycles. The quantitative estimate of drug-likeness (QED) is 0.911. The molecule has 0 bridgehead atoms. The average molecular weight is 306 g/mol. The molecular formula is C14H16BrN3. The smallest absolute Gasteiger partial charge is 0.0651 e. The van der Waals surface area contributed by atoms with Crippen LogP contribution in [-0.2, 0) is 0 Å². The molecule has 3 N–H and O–H groups in total. The van der Waals surface area contributed by atoms with E-state index in [9.17, 15) is 0 Å². The highest BCUT2D eigenvalue weighted by molar-refractivity contribution is 9.10. The minimum Gasteiger partial charge on any atom is -0.376 e. The normalized spacial score (nSPS) is 12.2. The van der Waals surface area contributed by atoms with Crippen LogP contribution < -0.4 is 11.1 Å². The first-order valence-electron chi connectivity index (χ1n) is 5.84. The lowest BCUT2D eigenvalue weighted by molar-refractivity contribution is 0.783. The Bertz CT molecular complexity index is 511. The van der Waals surface area contributed by atoms with E-state index in [0.717, 1.165) is 21.4 Å². The topological polar surface area (TPSA) is 50.9 Å². The van der Waals surface area contributed by atoms with E-state index in [1.165, 1.54) is 0 Å². The summed E-state index contributed by atoms with van der Waals surface area (Å²) in [5.74, 6) is 0. The number of hydrogen-bond acceptors (Lipinski definition) is 3. The van der Waals surface area contributed by atoms with E-state index in [0.29, 0.717) is 6.54 Å². The van der Waals surface area contributed by atoms with Crippen LogP contribution in [0.15, 0.2) is 47.1 Å². The lowest BCUT2D eigenvalue weighted by Crippen LogP contribution is -2.21. The van der Waals surface area contributed by atoms with Crippen LogP contribution in [0.2, 0.25) is 0 Å². The number of aryl methyl sites for hydroxylation is 1. The van der Waals surface area contributed by atoms with E-state index in [-0.39, 0.29) is 6.04 Å². The zero-order valence-corrected chi connectivity index (χ0v) is 11.8. The van der Waals surface area contributed by atoms with Crippen molar-refractivity contribution in [3.63, 3.8) is 0 Å². The Morgan fingerprint density at radius 1 is 1.28 bits per heavy atom. The summed E-state index contributed by atoms with van der Waals surface area (Å²) in [6, 6.07) is 12.1. The SMILES string of the molecule is Cc1ccc(C(CN)Nc2ccccc2Br)cn1. The molecule has 1 heterocycles. The van der Waals surface area contributed by atoms with Gasteiger partial charge in [0.05, 0.1) is 6.04 Å². The molecule has 0 fully saturated rings. The number of aromatic nitrogens is 1. The van der Waals surface area contributed by atoms with Crippen LogP contribution in [0.1, 0.15) is 17.3 Å². The fourth-order valence-corrected chi connectivity index (χ4v) is 2.13. The van der Waals surface area contributed by atoms with Crippen LogP contribution in [-0.4, -0.2) is 11.5 Å². The Labute approximate surface area is 116 Å². The number of hydrogen-bond donors (Lipinski definition) is 2. The zero-order chi connectivity index (χ0) is 13.0. The van der Waals surface area contributed by atoms with E-state index in [4.69, 9.17) is 5.73 Å². The van der Waals surface area contributed by atoms with Crippen LogP contribution in [0.4, 0.5) is 5.69 Å². The minimum atomic E-state index is 0.0665. The number of halogens is 1. The number of rotatable bonds is 4. The van der Waals surface area contributed by atoms with Gasteiger partial charge in [-0.15, -0.1) is 0 Å². The molecule has 0 aliphatic rings. The first-order valence-corrected chi connectivity index (χ1v) is 6.63. The second-order valence-corrected chi connectivity index (χ2v) is 5.00. The molecule has 18 heavy (non-hydrogen) atoms. The zero-order valence-electron chi connectivity index (χ0n) is 10.2. The fraction of sp³-hybridized carbons (Fsp3) is 0.214. The molecule has 94 valence electrons. The maximum absolute atomic E-state index is 5.84. The summed E-state index contributed by atoms with van der Waals surface area (Å²) in [5, 5.41) is 3.42. The van der Waals surface area contributed by atoms with Crippen molar-refractivity contribution in [1.82, 2.24) is 4.98 Å². The molecule has 2 aromatic rings. The number of pyridine rings is 1. The van der Waals surface area contributed by atoms with Crippen LogP contribution in [0, 0.1) is 6.92 Å². The minimum absolute atomic E-state index is 0.0665. The van der Waals surface area contributed by atoms with E-state index < -0.39 is 0 Å². The largest absolute Gasteiger partial charge is 0.376 e. The number of anilines is 1. The van der Waals surface area contributed by atoms with Crippen LogP contribution in [0.25, 0.3) is 0 Å². The average Bonchev–Trinajstić information content (AvgIpc) is 2.39. The summed E-state index contributed by atoms with van der Waals surface area (Å²) in [6.07, 6.45) is 1.87. The van der Waals surface area contributed by atoms with Crippen molar-refractivity contribution < 1.29 is 0 Å². The Morgan fingerprint density at radius 2 is 2.06 bits per heavy atom. The van der Waals surface area contributed by atoms with Crippen LogP contribution in [0.3, 0.4) is 0 Å². The van der Waals surface area contributed by atoms with Crippen molar-refractivity contribution in [2.75, 3.05) is 11.9 Å². The molecule has 1 unspecified atom stereocenters. The molecule has 0 aliphatic heterocycles. The van der Waals surface area contributed by atoms with Gasteiger partial charge in [-0.1, -0.05) is 18.2 Å². The Hall–Kier alpha value is -1.39. The van der Waals surface area contributed by atoms with Gasteiger partial charge in [0.25, 0.3) is 0 Å². The molecular weight excluding hydrogens is 290 g/mol. The summed E-state index contributed by atoms with van der Waals surface area (Å²) in [6.45, 7) is 2.49. The summed E-state index contributed by atoms with van der Waals surface area (Å²) >= 11 is 3.52. The third kappa shape index (κ3) is 3.09. The maximum atomic E-state index is 5.84. The van der Waals surface area contributed by atoms with Gasteiger partial charge < -0.3 is 11.1 Å². The molecule has 1 atom stereocenters. The molecule has 0 saturated heterocycles. The van der Waals surface area contributed by atoms with Gasteiger partial charge in [-0.05, 0) is 46.6 Å². The summed E-state index contributed by atoms with van der Waals surface area (Å²) in [4.78, 5) is 4.30. The Kier molecular flexibility index (Phi) is 4.33. The van der Waals surface area contributed by atoms with Crippen molar-refractivity contribution in [2.24, 2.45) is 5.73 Å². The van der Waals surface area contributed by atoms with Gasteiger partial charge in [0.2, 0.25) is 0 Å². The standard InChI is InChI=1S/C14H16BrN3/c1-10-6-7-11(9-17-10)14(8-16)18-13-5-3-2-4-12(13)15/h2-7,9,14,18H,8,16H2,1H3. The maximum Gasteiger partial charge on any atom is 0.0651 e. The Balaban J connectivity index is 2.20. The number of benzene rings is 1. The molecule has 0 radical (unpaired) electrons. The molecule has 1 aromatic carbocycles. The van der Waals surface area contributed by atoms with Gasteiger partial charge in [0.15, 0.2) is 0 Å². The summed E-state index contributed by atoms with van der Waals surface area (Å²) in [5.41, 5.74) is 8.98. The first kappa shape index (κ1) is 13.1. The molecule has 0 aliphatic carbocycles. The number of nitrogens with two attached hydrogens (primary N) is 1. The highest BCUT2D eigenvalue weighted by atomic mass is 79.9. The first-order chi connectivity index (χ1) is 8.70. The summed E-state index contributed by atoms with van der Waals surface area (Å²) in [7, 11) is 0. The number of nitrogens with one attached hydrogen (secondary N) is 1. The van der Waals surface area contributed by atoms with Gasteiger partial charge in [-0.3, -0.25) is 4.98 Å². The van der Waals surface area contributed by atoms with Crippen molar-refractivity contribution in [1.29, 1.82) is 0 Å². The highest BCUT2D eigenvalue weighted by Gasteiger charge is 2.10. The fourth-order valence-electron chi connectivity index (χ4n) is 1.73. The Morgan fingerprint density at radius 3 is 2.67 bits per heavy atom. The lowest BCUT2D eigenvalue weighted by atomic mass is 10.1. The molecule has 0 spiro atoms. The van der Waals surface area contributed by atoms with Gasteiger partial charge in [-0.25, -0.2) is 0 Å². The van der Waals surface area contributed by atoms with Gasteiger partial charge in [0.1, 0.15) is 0 Å². The van der Waals surface area contributed by atoms with Gasteiger partial charge in [0, 0.05) is 28.6 Å². The molecule has 0 amide bonds. The highest BCUT2D eigenvalue weighted by Crippen LogP contribution is 2.25. The predicted octanol–water partition coefficient (Wildman–Crippen LogP) is 3.26. The molecule has 2 rings (SSSR count). The molecule has 1 aromatic heterocycles. The second kappa shape index (κ2) is 5.98. The monoisotopic (exact) mass is 305 g/mol. The van der Waals surface area contributed by atoms with Crippen LogP contribution >= 0.6 is 15.9 Å². The number of nitrogens with zero attached hydrogens (tertiary/aromatic N) is 1. The number of para-hydroxylation sites is 1. The predicted molar refractivity (Wildman–Crippen MR) is 78.5 cm³/mol. The van der Waals surface area contributed by atoms with Crippen molar-refractivity contribution >= 4 is 21.6 Å².